The van der Waals surface area contributed by atoms with Crippen LogP contribution in [-0.4, -0.2) is 34.9 Å². The van der Waals surface area contributed by atoms with Gasteiger partial charge in [-0.05, 0) is 45.0 Å². The molecule has 0 spiro atoms. The van der Waals surface area contributed by atoms with Crippen LogP contribution in [0.5, 0.6) is 5.75 Å². The number of carbonyl (C=O) groups is 2. The number of esters is 1. The van der Waals surface area contributed by atoms with Gasteiger partial charge in [-0.15, -0.1) is 0 Å². The minimum Gasteiger partial charge on any atom is -0.493 e. The largest absolute Gasteiger partial charge is 0.493 e. The highest BCUT2D eigenvalue weighted by Gasteiger charge is 2.16. The molecule has 7 heteroatoms. The highest BCUT2D eigenvalue weighted by atomic mass is 16.5. The molecule has 0 bridgehead atoms. The Morgan fingerprint density at radius 3 is 2.40 bits per heavy atom. The molecule has 1 heterocycles. The number of rotatable bonds is 8. The van der Waals surface area contributed by atoms with E-state index in [2.05, 4.69) is 10.4 Å². The molecule has 0 saturated heterocycles. The van der Waals surface area contributed by atoms with E-state index >= 15 is 0 Å². The Hall–Kier alpha value is -3.61. The third kappa shape index (κ3) is 5.47. The molecule has 0 radical (unpaired) electrons. The number of aromatic nitrogens is 2. The molecular formula is C23H25N3O4. The summed E-state index contributed by atoms with van der Waals surface area (Å²) in [6, 6.07) is 17.2. The van der Waals surface area contributed by atoms with Crippen LogP contribution in [0.3, 0.4) is 0 Å². The number of nitrogens with one attached hydrogen (secondary N) is 1. The number of ether oxygens (including phenoxy) is 2. The summed E-state index contributed by atoms with van der Waals surface area (Å²) >= 11 is 0. The van der Waals surface area contributed by atoms with E-state index in [4.69, 9.17) is 9.47 Å². The minimum absolute atomic E-state index is 0.0607. The van der Waals surface area contributed by atoms with Crippen LogP contribution < -0.4 is 10.1 Å². The van der Waals surface area contributed by atoms with Gasteiger partial charge in [-0.1, -0.05) is 35.9 Å². The van der Waals surface area contributed by atoms with Crippen molar-refractivity contribution in [1.82, 2.24) is 9.78 Å². The molecule has 1 N–H and O–H groups in total. The number of amides is 1. The molecule has 0 unspecified atom stereocenters. The lowest BCUT2D eigenvalue weighted by Gasteiger charge is -2.09. The zero-order chi connectivity index (χ0) is 21.5. The van der Waals surface area contributed by atoms with Crippen molar-refractivity contribution >= 4 is 17.6 Å². The van der Waals surface area contributed by atoms with E-state index in [9.17, 15) is 9.59 Å². The molecule has 156 valence electrons. The monoisotopic (exact) mass is 407 g/mol. The summed E-state index contributed by atoms with van der Waals surface area (Å²) in [5, 5.41) is 7.26. The van der Waals surface area contributed by atoms with Crippen molar-refractivity contribution in [3.05, 3.63) is 71.5 Å². The van der Waals surface area contributed by atoms with Crippen molar-refractivity contribution in [2.45, 2.75) is 27.2 Å². The molecular weight excluding hydrogens is 382 g/mol. The molecule has 30 heavy (non-hydrogen) atoms. The van der Waals surface area contributed by atoms with E-state index in [1.807, 2.05) is 75.4 Å². The van der Waals surface area contributed by atoms with Gasteiger partial charge in [-0.2, -0.15) is 5.10 Å². The van der Waals surface area contributed by atoms with Gasteiger partial charge < -0.3 is 14.8 Å². The van der Waals surface area contributed by atoms with Crippen molar-refractivity contribution in [3.63, 3.8) is 0 Å². The molecule has 0 aliphatic heterocycles. The smallest absolute Gasteiger partial charge is 0.309 e. The van der Waals surface area contributed by atoms with Gasteiger partial charge in [-0.3, -0.25) is 9.59 Å². The van der Waals surface area contributed by atoms with Crippen molar-refractivity contribution < 1.29 is 19.1 Å². The first-order valence-corrected chi connectivity index (χ1v) is 9.70. The fourth-order valence-electron chi connectivity index (χ4n) is 2.92. The molecule has 0 aliphatic carbocycles. The molecule has 3 aromatic rings. The number of carbonyl (C=O) groups excluding carboxylic acids is 2. The molecule has 0 fully saturated rings. The van der Waals surface area contributed by atoms with E-state index in [1.54, 1.807) is 4.68 Å². The zero-order valence-electron chi connectivity index (χ0n) is 17.3. The fourth-order valence-corrected chi connectivity index (χ4v) is 2.92. The number of hydrogen-bond acceptors (Lipinski definition) is 5. The summed E-state index contributed by atoms with van der Waals surface area (Å²) < 4.78 is 12.3. The Bertz CT molecular complexity index is 1010. The Kier molecular flexibility index (Phi) is 6.85. The maximum absolute atomic E-state index is 12.2. The number of para-hydroxylation sites is 1. The van der Waals surface area contributed by atoms with Crippen LogP contribution in [0.25, 0.3) is 5.69 Å². The lowest BCUT2D eigenvalue weighted by atomic mass is 10.2. The van der Waals surface area contributed by atoms with Gasteiger partial charge in [0.1, 0.15) is 5.75 Å². The summed E-state index contributed by atoms with van der Waals surface area (Å²) in [7, 11) is 0. The topological polar surface area (TPSA) is 82.4 Å². The van der Waals surface area contributed by atoms with Crippen LogP contribution >= 0.6 is 0 Å². The summed E-state index contributed by atoms with van der Waals surface area (Å²) in [5.41, 5.74) is 4.13. The van der Waals surface area contributed by atoms with Crippen LogP contribution in [0.4, 0.5) is 5.69 Å². The maximum atomic E-state index is 12.2. The van der Waals surface area contributed by atoms with Crippen LogP contribution in [0, 0.1) is 20.8 Å². The van der Waals surface area contributed by atoms with Gasteiger partial charge in [-0.25, -0.2) is 4.68 Å². The van der Waals surface area contributed by atoms with Crippen LogP contribution in [0.2, 0.25) is 0 Å². The number of anilines is 1. The van der Waals surface area contributed by atoms with E-state index < -0.39 is 11.9 Å². The second-order valence-corrected chi connectivity index (χ2v) is 6.91. The molecule has 2 aromatic carbocycles. The number of hydrogen-bond donors (Lipinski definition) is 1. The summed E-state index contributed by atoms with van der Waals surface area (Å²) in [6.07, 6.45) is 0.0607. The number of nitrogens with zero attached hydrogens (tertiary/aromatic N) is 2. The van der Waals surface area contributed by atoms with Gasteiger partial charge in [0.25, 0.3) is 5.91 Å². The zero-order valence-corrected chi connectivity index (χ0v) is 17.3. The average Bonchev–Trinajstić information content (AvgIpc) is 3.02. The number of aryl methyl sites for hydroxylation is 2. The summed E-state index contributed by atoms with van der Waals surface area (Å²) in [6.45, 7) is 5.50. The molecule has 0 aliphatic rings. The molecule has 1 aromatic heterocycles. The van der Waals surface area contributed by atoms with Gasteiger partial charge in [0.15, 0.2) is 6.61 Å². The second-order valence-electron chi connectivity index (χ2n) is 6.91. The molecule has 0 atom stereocenters. The van der Waals surface area contributed by atoms with Gasteiger partial charge >= 0.3 is 5.97 Å². The highest BCUT2D eigenvalue weighted by Crippen LogP contribution is 2.22. The minimum atomic E-state index is -0.495. The maximum Gasteiger partial charge on any atom is 0.309 e. The van der Waals surface area contributed by atoms with Gasteiger partial charge in [0.05, 0.1) is 35.8 Å². The quantitative estimate of drug-likeness (QED) is 0.575. The van der Waals surface area contributed by atoms with Crippen molar-refractivity contribution in [1.29, 1.82) is 0 Å². The first-order valence-electron chi connectivity index (χ1n) is 9.70. The predicted molar refractivity (Wildman–Crippen MR) is 114 cm³/mol. The highest BCUT2D eigenvalue weighted by molar-refractivity contribution is 5.93. The normalized spacial score (nSPS) is 10.5. The molecule has 3 rings (SSSR count). The predicted octanol–water partition coefficient (Wildman–Crippen LogP) is 3.75. The SMILES string of the molecule is Cc1ccc(OCCC(=O)OCC(=O)Nc2c(C)nn(-c3ccccc3)c2C)cc1. The Balaban J connectivity index is 1.47. The third-order valence-electron chi connectivity index (χ3n) is 4.52. The Morgan fingerprint density at radius 1 is 1.00 bits per heavy atom. The van der Waals surface area contributed by atoms with E-state index in [-0.39, 0.29) is 19.6 Å². The first kappa shape index (κ1) is 21.1. The van der Waals surface area contributed by atoms with E-state index in [0.29, 0.717) is 17.1 Å². The van der Waals surface area contributed by atoms with Crippen LogP contribution in [0.15, 0.2) is 54.6 Å². The van der Waals surface area contributed by atoms with E-state index in [0.717, 1.165) is 16.9 Å². The van der Waals surface area contributed by atoms with Crippen LogP contribution in [0.1, 0.15) is 23.4 Å². The Morgan fingerprint density at radius 2 is 1.70 bits per heavy atom. The molecule has 7 nitrogen and oxygen atoms in total. The molecule has 0 saturated carbocycles. The van der Waals surface area contributed by atoms with Gasteiger partial charge in [0, 0.05) is 0 Å². The lowest BCUT2D eigenvalue weighted by Crippen LogP contribution is -2.22. The lowest BCUT2D eigenvalue weighted by molar-refractivity contribution is -0.147. The average molecular weight is 407 g/mol. The van der Waals surface area contributed by atoms with Crippen molar-refractivity contribution in [3.8, 4) is 11.4 Å². The Labute approximate surface area is 175 Å². The summed E-state index contributed by atoms with van der Waals surface area (Å²) in [4.78, 5) is 24.1. The fraction of sp³-hybridized carbons (Fsp3) is 0.261. The standard InChI is InChI=1S/C23H25N3O4/c1-16-9-11-20(12-10-16)29-14-13-22(28)30-15-21(27)24-23-17(2)25-26(18(23)3)19-7-5-4-6-8-19/h4-12H,13-15H2,1-3H3,(H,24,27). The van der Waals surface area contributed by atoms with E-state index in [1.165, 1.54) is 0 Å². The molecule has 1 amide bonds. The second kappa shape index (κ2) is 9.73. The number of benzene rings is 2. The van der Waals surface area contributed by atoms with Gasteiger partial charge in [0.2, 0.25) is 0 Å². The van der Waals surface area contributed by atoms with Crippen molar-refractivity contribution in [2.75, 3.05) is 18.5 Å². The third-order valence-corrected chi connectivity index (χ3v) is 4.52. The summed E-state index contributed by atoms with van der Waals surface area (Å²) in [5.74, 6) is -0.222. The van der Waals surface area contributed by atoms with Crippen LogP contribution in [-0.2, 0) is 14.3 Å². The van der Waals surface area contributed by atoms with Crippen molar-refractivity contribution in [2.24, 2.45) is 0 Å². The first-order chi connectivity index (χ1) is 14.4.